The highest BCUT2D eigenvalue weighted by atomic mass is 15.1. The molecule has 0 unspecified atom stereocenters. The molecule has 0 aliphatic heterocycles. The van der Waals surface area contributed by atoms with Gasteiger partial charge in [0.05, 0.1) is 0 Å². The van der Waals surface area contributed by atoms with Crippen LogP contribution in [0.3, 0.4) is 0 Å². The fourth-order valence-electron chi connectivity index (χ4n) is 1.72. The van der Waals surface area contributed by atoms with Crippen LogP contribution in [-0.2, 0) is 20.0 Å². The molecule has 1 aromatic carbocycles. The van der Waals surface area contributed by atoms with Crippen molar-refractivity contribution in [2.24, 2.45) is 17.8 Å². The Balaban J connectivity index is 1.96. The van der Waals surface area contributed by atoms with Crippen LogP contribution in [0.2, 0.25) is 0 Å². The zero-order chi connectivity index (χ0) is 13.7. The Morgan fingerprint density at radius 2 is 2.11 bits per heavy atom. The van der Waals surface area contributed by atoms with Crippen molar-refractivity contribution in [2.75, 3.05) is 5.32 Å². The molecule has 2 aromatic rings. The number of nitrogens with zero attached hydrogens (tertiary/aromatic N) is 3. The lowest BCUT2D eigenvalue weighted by molar-refractivity contribution is 0.793. The maximum atomic E-state index is 5.84. The highest BCUT2D eigenvalue weighted by Gasteiger charge is 1.99. The number of anilines is 1. The molecule has 0 atom stereocenters. The first-order chi connectivity index (χ1) is 9.19. The van der Waals surface area contributed by atoms with E-state index in [-0.39, 0.29) is 0 Å². The molecule has 0 saturated heterocycles. The summed E-state index contributed by atoms with van der Waals surface area (Å²) in [7, 11) is 1.94. The van der Waals surface area contributed by atoms with E-state index < -0.39 is 0 Å². The first kappa shape index (κ1) is 13.1. The zero-order valence-electron chi connectivity index (χ0n) is 11.3. The summed E-state index contributed by atoms with van der Waals surface area (Å²) in [6.07, 6.45) is 4.67. The summed E-state index contributed by atoms with van der Waals surface area (Å²) in [5.41, 5.74) is 8.09. The van der Waals surface area contributed by atoms with Crippen molar-refractivity contribution in [3.05, 3.63) is 48.0 Å². The van der Waals surface area contributed by atoms with Crippen molar-refractivity contribution in [2.45, 2.75) is 19.9 Å². The number of hydrogen-bond acceptors (Lipinski definition) is 2. The molecule has 5 nitrogen and oxygen atoms in total. The Kier molecular flexibility index (Phi) is 4.18. The Labute approximate surface area is 113 Å². The van der Waals surface area contributed by atoms with Gasteiger partial charge in [-0.05, 0) is 24.1 Å². The summed E-state index contributed by atoms with van der Waals surface area (Å²) in [5.74, 6) is 1.28. The fourth-order valence-corrected chi connectivity index (χ4v) is 1.72. The Morgan fingerprint density at radius 3 is 2.68 bits per heavy atom. The second-order valence-electron chi connectivity index (χ2n) is 4.33. The van der Waals surface area contributed by atoms with E-state index in [1.807, 2.05) is 29.9 Å². The molecule has 0 aliphatic carbocycles. The summed E-state index contributed by atoms with van der Waals surface area (Å²) in [4.78, 5) is 8.46. The molecule has 0 fully saturated rings. The molecule has 0 aliphatic rings. The first-order valence-electron chi connectivity index (χ1n) is 6.31. The molecule has 5 heteroatoms. The van der Waals surface area contributed by atoms with Crippen LogP contribution in [0.1, 0.15) is 18.3 Å². The van der Waals surface area contributed by atoms with Crippen molar-refractivity contribution in [3.63, 3.8) is 0 Å². The summed E-state index contributed by atoms with van der Waals surface area (Å²) in [6.45, 7) is 2.60. The molecule has 19 heavy (non-hydrogen) atoms. The van der Waals surface area contributed by atoms with Gasteiger partial charge in [0.2, 0.25) is 0 Å². The summed E-state index contributed by atoms with van der Waals surface area (Å²) in [5, 5.41) is 3.07. The van der Waals surface area contributed by atoms with E-state index in [0.717, 1.165) is 17.9 Å². The number of benzene rings is 1. The third kappa shape index (κ3) is 3.58. The van der Waals surface area contributed by atoms with Crippen LogP contribution in [0.4, 0.5) is 5.69 Å². The smallest absolute Gasteiger partial charge is 0.193 e. The highest BCUT2D eigenvalue weighted by Crippen LogP contribution is 2.09. The van der Waals surface area contributed by atoms with Crippen molar-refractivity contribution in [1.82, 2.24) is 9.55 Å². The Bertz CT molecular complexity index is 553. The lowest BCUT2D eigenvalue weighted by atomic mass is 10.1. The molecule has 0 radical (unpaired) electrons. The number of nitrogens with one attached hydrogen (secondary N) is 1. The number of hydrogen-bond donors (Lipinski definition) is 2. The number of aryl methyl sites for hydroxylation is 2. The second-order valence-corrected chi connectivity index (χ2v) is 4.33. The van der Waals surface area contributed by atoms with Gasteiger partial charge in [0, 0.05) is 25.1 Å². The third-order valence-electron chi connectivity index (χ3n) is 2.95. The second kappa shape index (κ2) is 6.04. The Hall–Kier alpha value is -2.30. The predicted octanol–water partition coefficient (Wildman–Crippen LogP) is 1.91. The molecule has 1 aromatic heterocycles. The van der Waals surface area contributed by atoms with Gasteiger partial charge in [-0.1, -0.05) is 19.1 Å². The third-order valence-corrected chi connectivity index (χ3v) is 2.95. The maximum Gasteiger partial charge on any atom is 0.193 e. The lowest BCUT2D eigenvalue weighted by Crippen LogP contribution is -2.22. The molecule has 1 heterocycles. The van der Waals surface area contributed by atoms with Gasteiger partial charge < -0.3 is 15.6 Å². The number of aromatic nitrogens is 2. The topological polar surface area (TPSA) is 68.2 Å². The van der Waals surface area contributed by atoms with Crippen LogP contribution >= 0.6 is 0 Å². The monoisotopic (exact) mass is 257 g/mol. The van der Waals surface area contributed by atoms with Crippen LogP contribution in [0.25, 0.3) is 0 Å². The van der Waals surface area contributed by atoms with E-state index >= 15 is 0 Å². The SMILES string of the molecule is CCc1ccc(NC(N)=NCc2nccn2C)cc1. The van der Waals surface area contributed by atoms with Gasteiger partial charge in [0.1, 0.15) is 12.4 Å². The maximum absolute atomic E-state index is 5.84. The molecule has 0 amide bonds. The quantitative estimate of drug-likeness (QED) is 0.649. The van der Waals surface area contributed by atoms with Crippen LogP contribution in [0, 0.1) is 0 Å². The average Bonchev–Trinajstić information content (AvgIpc) is 2.83. The largest absolute Gasteiger partial charge is 0.370 e. The molecular formula is C14H19N5. The van der Waals surface area contributed by atoms with Crippen molar-refractivity contribution >= 4 is 11.6 Å². The average molecular weight is 257 g/mol. The van der Waals surface area contributed by atoms with Gasteiger partial charge in [-0.15, -0.1) is 0 Å². The molecule has 2 rings (SSSR count). The normalized spacial score (nSPS) is 11.6. The molecular weight excluding hydrogens is 238 g/mol. The van der Waals surface area contributed by atoms with E-state index in [1.165, 1.54) is 5.56 Å². The number of rotatable bonds is 4. The first-order valence-corrected chi connectivity index (χ1v) is 6.31. The predicted molar refractivity (Wildman–Crippen MR) is 78.0 cm³/mol. The molecule has 0 saturated carbocycles. The summed E-state index contributed by atoms with van der Waals surface area (Å²) in [6, 6.07) is 8.16. The highest BCUT2D eigenvalue weighted by molar-refractivity contribution is 5.92. The number of guanidine groups is 1. The fraction of sp³-hybridized carbons (Fsp3) is 0.286. The van der Waals surface area contributed by atoms with Crippen LogP contribution in [0.5, 0.6) is 0 Å². The van der Waals surface area contributed by atoms with Gasteiger partial charge in [-0.25, -0.2) is 9.98 Å². The van der Waals surface area contributed by atoms with E-state index in [9.17, 15) is 0 Å². The van der Waals surface area contributed by atoms with Crippen molar-refractivity contribution in [3.8, 4) is 0 Å². The minimum absolute atomic E-state index is 0.396. The molecule has 3 N–H and O–H groups in total. The van der Waals surface area contributed by atoms with E-state index in [2.05, 4.69) is 34.3 Å². The number of nitrogens with two attached hydrogens (primary N) is 1. The van der Waals surface area contributed by atoms with Crippen molar-refractivity contribution < 1.29 is 0 Å². The molecule has 100 valence electrons. The molecule has 0 spiro atoms. The summed E-state index contributed by atoms with van der Waals surface area (Å²) < 4.78 is 1.92. The zero-order valence-corrected chi connectivity index (χ0v) is 11.3. The van der Waals surface area contributed by atoms with Gasteiger partial charge in [0.15, 0.2) is 5.96 Å². The van der Waals surface area contributed by atoms with E-state index in [0.29, 0.717) is 12.5 Å². The van der Waals surface area contributed by atoms with Crippen LogP contribution in [0.15, 0.2) is 41.7 Å². The van der Waals surface area contributed by atoms with E-state index in [1.54, 1.807) is 6.20 Å². The Morgan fingerprint density at radius 1 is 1.37 bits per heavy atom. The van der Waals surface area contributed by atoms with Gasteiger partial charge in [-0.3, -0.25) is 0 Å². The van der Waals surface area contributed by atoms with Crippen LogP contribution in [-0.4, -0.2) is 15.5 Å². The summed E-state index contributed by atoms with van der Waals surface area (Å²) >= 11 is 0. The van der Waals surface area contributed by atoms with Crippen molar-refractivity contribution in [1.29, 1.82) is 0 Å². The minimum Gasteiger partial charge on any atom is -0.370 e. The van der Waals surface area contributed by atoms with Gasteiger partial charge in [0.25, 0.3) is 0 Å². The van der Waals surface area contributed by atoms with Gasteiger partial charge >= 0.3 is 0 Å². The van der Waals surface area contributed by atoms with Gasteiger partial charge in [-0.2, -0.15) is 0 Å². The number of aliphatic imine (C=N–C) groups is 1. The molecule has 0 bridgehead atoms. The minimum atomic E-state index is 0.396. The lowest BCUT2D eigenvalue weighted by Gasteiger charge is -2.06. The van der Waals surface area contributed by atoms with Crippen LogP contribution < -0.4 is 11.1 Å². The number of imidazole rings is 1. The van der Waals surface area contributed by atoms with E-state index in [4.69, 9.17) is 5.73 Å². The standard InChI is InChI=1S/C14H19N5/c1-3-11-4-6-12(7-5-11)18-14(15)17-10-13-16-8-9-19(13)2/h4-9H,3,10H2,1-2H3,(H3,15,17,18).